The average Bonchev–Trinajstić information content (AvgIpc) is 2.57. The van der Waals surface area contributed by atoms with Crippen LogP contribution in [0.2, 0.25) is 0 Å². The highest BCUT2D eigenvalue weighted by Crippen LogP contribution is 2.32. The number of nitrogens with zero attached hydrogens (tertiary/aromatic N) is 1. The lowest BCUT2D eigenvalue weighted by atomic mass is 9.95. The summed E-state index contributed by atoms with van der Waals surface area (Å²) in [5.74, 6) is -0.612. The van der Waals surface area contributed by atoms with Gasteiger partial charge in [0.05, 0.1) is 18.7 Å². The maximum Gasteiger partial charge on any atom is 0.387 e. The number of alkyl halides is 2. The fraction of sp³-hybridized carbons (Fsp3) is 0.294. The first-order valence-corrected chi connectivity index (χ1v) is 7.41. The van der Waals surface area contributed by atoms with Crippen molar-refractivity contribution in [2.75, 3.05) is 13.7 Å². The topological polar surface area (TPSA) is 67.9 Å². The number of carbonyl (C=O) groups is 2. The summed E-state index contributed by atoms with van der Waals surface area (Å²) in [4.78, 5) is 25.9. The molecule has 0 bridgehead atoms. The third-order valence-electron chi connectivity index (χ3n) is 3.75. The Morgan fingerprint density at radius 3 is 2.56 bits per heavy atom. The Hall–Kier alpha value is -2.90. The number of carbonyl (C=O) groups excluding carboxylic acids is 2. The third kappa shape index (κ3) is 3.96. The van der Waals surface area contributed by atoms with Crippen LogP contribution in [0.5, 0.6) is 5.75 Å². The molecule has 2 rings (SSSR count). The molecule has 2 amide bonds. The summed E-state index contributed by atoms with van der Waals surface area (Å²) in [5.41, 5.74) is 1.23. The lowest BCUT2D eigenvalue weighted by Gasteiger charge is -2.34. The van der Waals surface area contributed by atoms with E-state index in [0.29, 0.717) is 11.3 Å². The molecule has 0 saturated carbocycles. The second kappa shape index (κ2) is 7.78. The van der Waals surface area contributed by atoms with Crippen LogP contribution in [0.25, 0.3) is 0 Å². The van der Waals surface area contributed by atoms with Crippen molar-refractivity contribution < 1.29 is 27.8 Å². The van der Waals surface area contributed by atoms with Gasteiger partial charge in [-0.2, -0.15) is 8.78 Å². The van der Waals surface area contributed by atoms with E-state index in [2.05, 4.69) is 16.6 Å². The van der Waals surface area contributed by atoms with Crippen LogP contribution in [-0.4, -0.2) is 37.2 Å². The summed E-state index contributed by atoms with van der Waals surface area (Å²) >= 11 is 0. The Morgan fingerprint density at radius 2 is 2.04 bits per heavy atom. The first kappa shape index (κ1) is 18.4. The maximum absolute atomic E-state index is 12.3. The molecule has 8 heteroatoms. The molecular weight excluding hydrogens is 334 g/mol. The van der Waals surface area contributed by atoms with Gasteiger partial charge in [0.1, 0.15) is 5.75 Å². The molecule has 1 aliphatic rings. The quantitative estimate of drug-likeness (QED) is 0.631. The zero-order chi connectivity index (χ0) is 18.6. The van der Waals surface area contributed by atoms with E-state index >= 15 is 0 Å². The molecule has 1 atom stereocenters. The van der Waals surface area contributed by atoms with Crippen molar-refractivity contribution in [2.45, 2.75) is 19.6 Å². The van der Waals surface area contributed by atoms with E-state index in [4.69, 9.17) is 4.74 Å². The van der Waals surface area contributed by atoms with Crippen LogP contribution in [0.15, 0.2) is 48.2 Å². The number of ether oxygens (including phenoxy) is 2. The van der Waals surface area contributed by atoms with Gasteiger partial charge in [0, 0.05) is 12.2 Å². The van der Waals surface area contributed by atoms with Gasteiger partial charge in [-0.3, -0.25) is 4.90 Å². The minimum atomic E-state index is -2.93. The zero-order valence-corrected chi connectivity index (χ0v) is 13.8. The van der Waals surface area contributed by atoms with Gasteiger partial charge in [0.2, 0.25) is 0 Å². The lowest BCUT2D eigenvalue weighted by Crippen LogP contribution is -2.47. The predicted molar refractivity (Wildman–Crippen MR) is 86.0 cm³/mol. The van der Waals surface area contributed by atoms with Gasteiger partial charge in [0.25, 0.3) is 0 Å². The normalized spacial score (nSPS) is 17.4. The zero-order valence-electron chi connectivity index (χ0n) is 13.8. The molecule has 1 unspecified atom stereocenters. The van der Waals surface area contributed by atoms with Crippen LogP contribution in [0.1, 0.15) is 18.5 Å². The Kier molecular flexibility index (Phi) is 5.74. The van der Waals surface area contributed by atoms with Crippen molar-refractivity contribution in [2.24, 2.45) is 0 Å². The van der Waals surface area contributed by atoms with Crippen LogP contribution in [-0.2, 0) is 9.53 Å². The Morgan fingerprint density at radius 1 is 1.40 bits per heavy atom. The Balaban J connectivity index is 2.42. The van der Waals surface area contributed by atoms with E-state index in [-0.39, 0.29) is 17.9 Å². The average molecular weight is 352 g/mol. The van der Waals surface area contributed by atoms with Crippen LogP contribution < -0.4 is 10.1 Å². The summed E-state index contributed by atoms with van der Waals surface area (Å²) in [5, 5.41) is 2.72. The van der Waals surface area contributed by atoms with Crippen molar-refractivity contribution in [3.8, 4) is 5.75 Å². The number of rotatable bonds is 6. The number of urea groups is 1. The number of benzene rings is 1. The highest BCUT2D eigenvalue weighted by atomic mass is 19.3. The SMILES string of the molecule is C=CCN1C(=O)NC(c2ccc(OC(F)F)cc2)C(C(=O)OC)=C1C. The fourth-order valence-corrected chi connectivity index (χ4v) is 2.60. The van der Waals surface area contributed by atoms with Crippen LogP contribution in [0, 0.1) is 0 Å². The molecule has 6 nitrogen and oxygen atoms in total. The second-order valence-electron chi connectivity index (χ2n) is 5.22. The molecule has 0 fully saturated rings. The number of methoxy groups -OCH3 is 1. The number of esters is 1. The van der Waals surface area contributed by atoms with Crippen molar-refractivity contribution in [3.05, 3.63) is 53.8 Å². The fourth-order valence-electron chi connectivity index (χ4n) is 2.60. The number of hydrogen-bond acceptors (Lipinski definition) is 4. The second-order valence-corrected chi connectivity index (χ2v) is 5.22. The molecule has 1 heterocycles. The summed E-state index contributed by atoms with van der Waals surface area (Å²) in [7, 11) is 1.24. The van der Waals surface area contributed by atoms with E-state index in [9.17, 15) is 18.4 Å². The monoisotopic (exact) mass is 352 g/mol. The number of nitrogens with one attached hydrogen (secondary N) is 1. The number of amides is 2. The van der Waals surface area contributed by atoms with Crippen molar-refractivity contribution in [3.63, 3.8) is 0 Å². The van der Waals surface area contributed by atoms with E-state index < -0.39 is 24.7 Å². The first-order valence-electron chi connectivity index (χ1n) is 7.41. The minimum Gasteiger partial charge on any atom is -0.466 e. The molecule has 0 radical (unpaired) electrons. The van der Waals surface area contributed by atoms with Gasteiger partial charge >= 0.3 is 18.6 Å². The number of halogens is 2. The number of allylic oxidation sites excluding steroid dienone is 1. The molecule has 1 N–H and O–H groups in total. The molecule has 25 heavy (non-hydrogen) atoms. The molecular formula is C17H18F2N2O4. The van der Waals surface area contributed by atoms with Crippen molar-refractivity contribution >= 4 is 12.0 Å². The molecule has 1 aliphatic heterocycles. The van der Waals surface area contributed by atoms with Crippen molar-refractivity contribution in [1.82, 2.24) is 10.2 Å². The lowest BCUT2D eigenvalue weighted by molar-refractivity contribution is -0.136. The summed E-state index contributed by atoms with van der Waals surface area (Å²) in [6.45, 7) is 2.52. The molecule has 0 aromatic heterocycles. The van der Waals surface area contributed by atoms with Crippen molar-refractivity contribution in [1.29, 1.82) is 0 Å². The van der Waals surface area contributed by atoms with Crippen LogP contribution in [0.3, 0.4) is 0 Å². The van der Waals surface area contributed by atoms with Crippen LogP contribution in [0.4, 0.5) is 13.6 Å². The van der Waals surface area contributed by atoms with Gasteiger partial charge in [-0.25, -0.2) is 9.59 Å². The van der Waals surface area contributed by atoms with Gasteiger partial charge in [-0.05, 0) is 24.6 Å². The molecule has 0 saturated heterocycles. The van der Waals surface area contributed by atoms with E-state index in [1.807, 2.05) is 0 Å². The highest BCUT2D eigenvalue weighted by molar-refractivity contribution is 5.95. The largest absolute Gasteiger partial charge is 0.466 e. The predicted octanol–water partition coefficient (Wildman–Crippen LogP) is 2.99. The maximum atomic E-state index is 12.3. The Labute approximate surface area is 143 Å². The summed E-state index contributed by atoms with van der Waals surface area (Å²) in [6, 6.07) is 4.52. The molecule has 1 aromatic rings. The molecule has 0 aliphatic carbocycles. The van der Waals surface area contributed by atoms with E-state index in [0.717, 1.165) is 0 Å². The highest BCUT2D eigenvalue weighted by Gasteiger charge is 2.35. The molecule has 1 aromatic carbocycles. The summed E-state index contributed by atoms with van der Waals surface area (Å²) in [6.07, 6.45) is 1.54. The Bertz CT molecular complexity index is 701. The van der Waals surface area contributed by atoms with Gasteiger partial charge in [-0.1, -0.05) is 18.2 Å². The van der Waals surface area contributed by atoms with Gasteiger partial charge in [0.15, 0.2) is 0 Å². The molecule has 0 spiro atoms. The number of hydrogen-bond donors (Lipinski definition) is 1. The van der Waals surface area contributed by atoms with Gasteiger partial charge in [-0.15, -0.1) is 6.58 Å². The summed E-state index contributed by atoms with van der Waals surface area (Å²) < 4.78 is 33.6. The van der Waals surface area contributed by atoms with Gasteiger partial charge < -0.3 is 14.8 Å². The van der Waals surface area contributed by atoms with Crippen LogP contribution >= 0.6 is 0 Å². The third-order valence-corrected chi connectivity index (χ3v) is 3.75. The minimum absolute atomic E-state index is 0.0190. The first-order chi connectivity index (χ1) is 11.9. The van der Waals surface area contributed by atoms with E-state index in [1.54, 1.807) is 6.92 Å². The smallest absolute Gasteiger partial charge is 0.387 e. The van der Waals surface area contributed by atoms with E-state index in [1.165, 1.54) is 42.4 Å². The molecule has 134 valence electrons. The standard InChI is InChI=1S/C17H18F2N2O4/c1-4-9-21-10(2)13(15(22)24-3)14(20-17(21)23)11-5-7-12(8-6-11)25-16(18)19/h4-8,14,16H,1,9H2,2-3H3,(H,20,23).